The Morgan fingerprint density at radius 2 is 1.63 bits per heavy atom. The summed E-state index contributed by atoms with van der Waals surface area (Å²) in [7, 11) is 0. The van der Waals surface area contributed by atoms with Gasteiger partial charge < -0.3 is 10.1 Å². The topological polar surface area (TPSA) is 21.3 Å². The molecule has 1 N–H and O–H groups in total. The van der Waals surface area contributed by atoms with Gasteiger partial charge in [0.2, 0.25) is 0 Å². The fourth-order valence-electron chi connectivity index (χ4n) is 1.80. The number of hydrogen-bond donors (Lipinski definition) is 1. The summed E-state index contributed by atoms with van der Waals surface area (Å²) >= 11 is 0. The Hall–Kier alpha value is -0.290. The van der Waals surface area contributed by atoms with Crippen molar-refractivity contribution in [1.82, 2.24) is 5.32 Å². The summed E-state index contributed by atoms with van der Waals surface area (Å²) in [6.07, 6.45) is -3.59. The van der Waals surface area contributed by atoms with E-state index in [9.17, 15) is 13.2 Å². The molecule has 0 saturated carbocycles. The van der Waals surface area contributed by atoms with Crippen LogP contribution in [0.25, 0.3) is 0 Å². The van der Waals surface area contributed by atoms with Gasteiger partial charge in [-0.15, -0.1) is 0 Å². The van der Waals surface area contributed by atoms with Gasteiger partial charge >= 0.3 is 6.18 Å². The second kappa shape index (κ2) is 8.10. The summed E-state index contributed by atoms with van der Waals surface area (Å²) in [5, 5.41) is 3.37. The number of ether oxygens (including phenoxy) is 1. The highest BCUT2D eigenvalue weighted by Crippen LogP contribution is 2.28. The maximum absolute atomic E-state index is 12.0. The molecule has 0 aromatic carbocycles. The van der Waals surface area contributed by atoms with Crippen molar-refractivity contribution in [1.29, 1.82) is 0 Å². The summed E-state index contributed by atoms with van der Waals surface area (Å²) in [6, 6.07) is 0. The van der Waals surface area contributed by atoms with Gasteiger partial charge in [0, 0.05) is 6.61 Å². The third kappa shape index (κ3) is 11.3. The van der Waals surface area contributed by atoms with Crippen LogP contribution in [0.1, 0.15) is 41.0 Å². The first-order valence-electron chi connectivity index (χ1n) is 6.87. The van der Waals surface area contributed by atoms with Crippen molar-refractivity contribution in [2.75, 3.05) is 26.3 Å². The number of nitrogens with one attached hydrogen (secondary N) is 1. The zero-order valence-electron chi connectivity index (χ0n) is 12.7. The van der Waals surface area contributed by atoms with E-state index in [1.54, 1.807) is 0 Å². The number of hydrogen-bond acceptors (Lipinski definition) is 2. The summed E-state index contributed by atoms with van der Waals surface area (Å²) in [4.78, 5) is 0. The quantitative estimate of drug-likeness (QED) is 0.683. The largest absolute Gasteiger partial charge is 0.411 e. The van der Waals surface area contributed by atoms with Gasteiger partial charge in [0.15, 0.2) is 0 Å². The monoisotopic (exact) mass is 283 g/mol. The summed E-state index contributed by atoms with van der Waals surface area (Å²) in [5.74, 6) is 0.876. The fraction of sp³-hybridized carbons (Fsp3) is 1.00. The van der Waals surface area contributed by atoms with E-state index in [4.69, 9.17) is 4.74 Å². The molecule has 0 aliphatic rings. The second-order valence-electron chi connectivity index (χ2n) is 6.57. The summed E-state index contributed by atoms with van der Waals surface area (Å²) in [6.45, 7) is 11.3. The Morgan fingerprint density at radius 3 is 2.05 bits per heavy atom. The molecule has 0 bridgehead atoms. The van der Waals surface area contributed by atoms with E-state index >= 15 is 0 Å². The first-order valence-corrected chi connectivity index (χ1v) is 6.87. The lowest BCUT2D eigenvalue weighted by atomic mass is 9.79. The molecule has 0 aromatic heterocycles. The molecule has 0 aromatic rings. The Balaban J connectivity index is 4.01. The van der Waals surface area contributed by atoms with Crippen LogP contribution in [0.3, 0.4) is 0 Å². The Bertz CT molecular complexity index is 234. The Kier molecular flexibility index (Phi) is 7.98. The highest BCUT2D eigenvalue weighted by Gasteiger charge is 2.28. The average Bonchev–Trinajstić information content (AvgIpc) is 2.17. The molecule has 0 aliphatic heterocycles. The van der Waals surface area contributed by atoms with Crippen LogP contribution in [0.15, 0.2) is 0 Å². The van der Waals surface area contributed by atoms with Gasteiger partial charge in [-0.2, -0.15) is 13.2 Å². The Morgan fingerprint density at radius 1 is 1.05 bits per heavy atom. The minimum absolute atomic E-state index is 0.0611. The van der Waals surface area contributed by atoms with Crippen LogP contribution in [0.5, 0.6) is 0 Å². The highest BCUT2D eigenvalue weighted by atomic mass is 19.4. The SMILES string of the molecule is CC(C)CNCC(CCOCC(F)(F)F)C(C)(C)C. The molecule has 1 unspecified atom stereocenters. The van der Waals surface area contributed by atoms with Gasteiger partial charge in [0.25, 0.3) is 0 Å². The molecule has 0 heterocycles. The van der Waals surface area contributed by atoms with Crippen LogP contribution < -0.4 is 5.32 Å². The first-order chi connectivity index (χ1) is 8.52. The van der Waals surface area contributed by atoms with Gasteiger partial charge in [0.1, 0.15) is 6.61 Å². The molecule has 0 rings (SSSR count). The molecule has 0 amide bonds. The molecule has 5 heteroatoms. The lowest BCUT2D eigenvalue weighted by molar-refractivity contribution is -0.175. The molecule has 0 spiro atoms. The van der Waals surface area contributed by atoms with Crippen LogP contribution >= 0.6 is 0 Å². The number of halogens is 3. The van der Waals surface area contributed by atoms with Gasteiger partial charge in [-0.3, -0.25) is 0 Å². The smallest absolute Gasteiger partial charge is 0.372 e. The fourth-order valence-corrected chi connectivity index (χ4v) is 1.80. The van der Waals surface area contributed by atoms with E-state index in [1.165, 1.54) is 0 Å². The second-order valence-corrected chi connectivity index (χ2v) is 6.57. The third-order valence-electron chi connectivity index (χ3n) is 3.04. The van der Waals surface area contributed by atoms with Crippen molar-refractivity contribution < 1.29 is 17.9 Å². The van der Waals surface area contributed by atoms with Crippen LogP contribution in [-0.2, 0) is 4.74 Å². The average molecular weight is 283 g/mol. The zero-order valence-corrected chi connectivity index (χ0v) is 12.7. The van der Waals surface area contributed by atoms with Crippen molar-refractivity contribution in [3.05, 3.63) is 0 Å². The van der Waals surface area contributed by atoms with Crippen molar-refractivity contribution >= 4 is 0 Å². The van der Waals surface area contributed by atoms with Gasteiger partial charge in [-0.25, -0.2) is 0 Å². The van der Waals surface area contributed by atoms with Crippen LogP contribution in [0, 0.1) is 17.3 Å². The maximum Gasteiger partial charge on any atom is 0.411 e. The van der Waals surface area contributed by atoms with Crippen molar-refractivity contribution in [2.45, 2.75) is 47.2 Å². The lowest BCUT2D eigenvalue weighted by Gasteiger charge is -2.31. The van der Waals surface area contributed by atoms with E-state index in [0.29, 0.717) is 18.3 Å². The number of rotatable bonds is 8. The predicted octanol–water partition coefficient (Wildman–Crippen LogP) is 3.86. The summed E-state index contributed by atoms with van der Waals surface area (Å²) < 4.78 is 40.6. The maximum atomic E-state index is 12.0. The Labute approximate surface area is 115 Å². The molecule has 0 radical (unpaired) electrons. The zero-order chi connectivity index (χ0) is 15.1. The van der Waals surface area contributed by atoms with Crippen LogP contribution in [0.4, 0.5) is 13.2 Å². The molecular weight excluding hydrogens is 255 g/mol. The molecule has 19 heavy (non-hydrogen) atoms. The predicted molar refractivity (Wildman–Crippen MR) is 72.1 cm³/mol. The lowest BCUT2D eigenvalue weighted by Crippen LogP contribution is -2.34. The first kappa shape index (κ1) is 18.7. The normalized spacial score (nSPS) is 15.0. The van der Waals surface area contributed by atoms with E-state index in [1.807, 2.05) is 0 Å². The van der Waals surface area contributed by atoms with E-state index < -0.39 is 12.8 Å². The number of alkyl halides is 3. The van der Waals surface area contributed by atoms with Crippen molar-refractivity contribution in [3.8, 4) is 0 Å². The minimum atomic E-state index is -4.23. The molecule has 0 saturated heterocycles. The van der Waals surface area contributed by atoms with Crippen LogP contribution in [0.2, 0.25) is 0 Å². The van der Waals surface area contributed by atoms with Crippen molar-refractivity contribution in [2.24, 2.45) is 17.3 Å². The molecule has 0 aliphatic carbocycles. The molecule has 2 nitrogen and oxygen atoms in total. The van der Waals surface area contributed by atoms with Gasteiger partial charge in [-0.05, 0) is 36.8 Å². The minimum Gasteiger partial charge on any atom is -0.372 e. The van der Waals surface area contributed by atoms with E-state index in [-0.39, 0.29) is 12.0 Å². The van der Waals surface area contributed by atoms with Gasteiger partial charge in [-0.1, -0.05) is 34.6 Å². The summed E-state index contributed by atoms with van der Waals surface area (Å²) in [5.41, 5.74) is 0.0611. The van der Waals surface area contributed by atoms with Gasteiger partial charge in [0.05, 0.1) is 0 Å². The van der Waals surface area contributed by atoms with Crippen LogP contribution in [-0.4, -0.2) is 32.5 Å². The molecular formula is C14H28F3NO. The van der Waals surface area contributed by atoms with E-state index in [0.717, 1.165) is 13.1 Å². The van der Waals surface area contributed by atoms with Crippen molar-refractivity contribution in [3.63, 3.8) is 0 Å². The highest BCUT2D eigenvalue weighted by molar-refractivity contribution is 4.76. The molecule has 116 valence electrons. The molecule has 1 atom stereocenters. The standard InChI is InChI=1S/C14H28F3NO/c1-11(2)8-18-9-12(13(3,4)5)6-7-19-10-14(15,16)17/h11-12,18H,6-10H2,1-5H3. The molecule has 0 fully saturated rings. The third-order valence-corrected chi connectivity index (χ3v) is 3.04. The van der Waals surface area contributed by atoms with E-state index in [2.05, 4.69) is 39.9 Å².